The lowest BCUT2D eigenvalue weighted by molar-refractivity contribution is -0.143. The number of hydrogen-bond donors (Lipinski definition) is 6. The molecule has 10 nitrogen and oxygen atoms in total. The fourth-order valence-corrected chi connectivity index (χ4v) is 3.67. The first kappa shape index (κ1) is 26.3. The van der Waals surface area contributed by atoms with Gasteiger partial charge in [0.2, 0.25) is 17.7 Å². The lowest BCUT2D eigenvalue weighted by Gasteiger charge is -2.26. The molecule has 1 aromatic carbocycles. The molecular formula is C23H34N4O6. The van der Waals surface area contributed by atoms with Gasteiger partial charge in [-0.15, -0.1) is 0 Å². The van der Waals surface area contributed by atoms with E-state index in [0.717, 1.165) is 18.5 Å². The Labute approximate surface area is 193 Å². The molecule has 33 heavy (non-hydrogen) atoms. The zero-order chi connectivity index (χ0) is 24.4. The summed E-state index contributed by atoms with van der Waals surface area (Å²) in [6.45, 7) is 3.81. The van der Waals surface area contributed by atoms with E-state index in [4.69, 9.17) is 5.11 Å². The highest BCUT2D eigenvalue weighted by Crippen LogP contribution is 2.10. The van der Waals surface area contributed by atoms with Gasteiger partial charge in [-0.3, -0.25) is 14.4 Å². The molecule has 6 N–H and O–H groups in total. The van der Waals surface area contributed by atoms with E-state index in [0.29, 0.717) is 12.8 Å². The SMILES string of the molecule is CC(C)CC(NC(=O)C1CCCN1)C(=O)NC(Cc1ccccc1)C(=O)NC(CO)C(=O)O. The zero-order valence-electron chi connectivity index (χ0n) is 19.0. The molecule has 0 radical (unpaired) electrons. The van der Waals surface area contributed by atoms with Gasteiger partial charge in [-0.05, 0) is 37.3 Å². The Morgan fingerprint density at radius 1 is 1.00 bits per heavy atom. The predicted molar refractivity (Wildman–Crippen MR) is 121 cm³/mol. The van der Waals surface area contributed by atoms with Crippen LogP contribution in [-0.2, 0) is 25.6 Å². The fourth-order valence-electron chi connectivity index (χ4n) is 3.67. The van der Waals surface area contributed by atoms with Crippen LogP contribution in [0.3, 0.4) is 0 Å². The van der Waals surface area contributed by atoms with E-state index in [-0.39, 0.29) is 24.3 Å². The van der Waals surface area contributed by atoms with Crippen LogP contribution in [0.1, 0.15) is 38.7 Å². The fraction of sp³-hybridized carbons (Fsp3) is 0.565. The van der Waals surface area contributed by atoms with E-state index in [1.165, 1.54) is 0 Å². The average Bonchev–Trinajstić information content (AvgIpc) is 3.31. The molecule has 1 heterocycles. The van der Waals surface area contributed by atoms with Crippen LogP contribution in [-0.4, -0.2) is 71.2 Å². The minimum atomic E-state index is -1.49. The largest absolute Gasteiger partial charge is 0.480 e. The number of aliphatic carboxylic acids is 1. The number of carboxylic acid groups (broad SMARTS) is 1. The minimum Gasteiger partial charge on any atom is -0.480 e. The Kier molecular flexibility index (Phi) is 10.3. The molecule has 10 heteroatoms. The molecule has 1 aliphatic rings. The number of aliphatic hydroxyl groups excluding tert-OH is 1. The number of benzene rings is 1. The van der Waals surface area contributed by atoms with Crippen molar-refractivity contribution in [3.63, 3.8) is 0 Å². The van der Waals surface area contributed by atoms with Crippen LogP contribution in [0.25, 0.3) is 0 Å². The molecule has 2 rings (SSSR count). The molecule has 4 atom stereocenters. The number of carbonyl (C=O) groups excluding carboxylic acids is 3. The second kappa shape index (κ2) is 12.9. The molecule has 0 aromatic heterocycles. The van der Waals surface area contributed by atoms with Gasteiger partial charge in [-0.1, -0.05) is 44.2 Å². The van der Waals surface area contributed by atoms with Crippen molar-refractivity contribution >= 4 is 23.7 Å². The van der Waals surface area contributed by atoms with Crippen LogP contribution in [0.2, 0.25) is 0 Å². The molecule has 0 bridgehead atoms. The minimum absolute atomic E-state index is 0.102. The smallest absolute Gasteiger partial charge is 0.328 e. The standard InChI is InChI=1S/C23H34N4O6/c1-14(2)11-17(25-20(29)16-9-6-10-24-16)21(30)26-18(12-15-7-4-3-5-8-15)22(31)27-19(13-28)23(32)33/h3-5,7-8,14,16-19,24,28H,6,9-13H2,1-2H3,(H,25,29)(H,26,30)(H,27,31)(H,32,33). The lowest BCUT2D eigenvalue weighted by Crippen LogP contribution is -2.58. The van der Waals surface area contributed by atoms with Gasteiger partial charge in [0.25, 0.3) is 0 Å². The van der Waals surface area contributed by atoms with Crippen LogP contribution in [0.4, 0.5) is 0 Å². The lowest BCUT2D eigenvalue weighted by atomic mass is 10.0. The molecule has 0 aliphatic carbocycles. The molecule has 0 saturated carbocycles. The number of carbonyl (C=O) groups is 4. The van der Waals surface area contributed by atoms with E-state index in [1.54, 1.807) is 24.3 Å². The monoisotopic (exact) mass is 462 g/mol. The van der Waals surface area contributed by atoms with E-state index in [2.05, 4.69) is 21.3 Å². The maximum Gasteiger partial charge on any atom is 0.328 e. The third-order valence-corrected chi connectivity index (χ3v) is 5.43. The topological polar surface area (TPSA) is 157 Å². The maximum atomic E-state index is 13.1. The third-order valence-electron chi connectivity index (χ3n) is 5.43. The van der Waals surface area contributed by atoms with Crippen LogP contribution >= 0.6 is 0 Å². The van der Waals surface area contributed by atoms with Gasteiger partial charge in [0.15, 0.2) is 0 Å². The van der Waals surface area contributed by atoms with Crippen LogP contribution < -0.4 is 21.3 Å². The number of rotatable bonds is 12. The van der Waals surface area contributed by atoms with Crippen LogP contribution in [0, 0.1) is 5.92 Å². The first-order valence-corrected chi connectivity index (χ1v) is 11.2. The van der Waals surface area contributed by atoms with Crippen molar-refractivity contribution in [1.29, 1.82) is 0 Å². The molecular weight excluding hydrogens is 428 g/mol. The van der Waals surface area contributed by atoms with Gasteiger partial charge in [0.1, 0.15) is 18.1 Å². The van der Waals surface area contributed by atoms with E-state index in [9.17, 15) is 24.3 Å². The van der Waals surface area contributed by atoms with Gasteiger partial charge in [0.05, 0.1) is 12.6 Å². The summed E-state index contributed by atoms with van der Waals surface area (Å²) in [4.78, 5) is 49.8. The molecule has 182 valence electrons. The van der Waals surface area contributed by atoms with Crippen LogP contribution in [0.15, 0.2) is 30.3 Å². The number of hydrogen-bond acceptors (Lipinski definition) is 6. The number of carboxylic acids is 1. The van der Waals surface area contributed by atoms with Crippen LogP contribution in [0.5, 0.6) is 0 Å². The van der Waals surface area contributed by atoms with E-state index >= 15 is 0 Å². The summed E-state index contributed by atoms with van der Waals surface area (Å²) in [6.07, 6.45) is 2.06. The Morgan fingerprint density at radius 3 is 2.18 bits per heavy atom. The first-order chi connectivity index (χ1) is 15.7. The van der Waals surface area contributed by atoms with Crippen molar-refractivity contribution in [1.82, 2.24) is 21.3 Å². The quantitative estimate of drug-likeness (QED) is 0.246. The number of aliphatic hydroxyl groups is 1. The number of amides is 3. The highest BCUT2D eigenvalue weighted by atomic mass is 16.4. The molecule has 0 spiro atoms. The maximum absolute atomic E-state index is 13.1. The Balaban J connectivity index is 2.16. The normalized spacial score (nSPS) is 18.2. The Morgan fingerprint density at radius 2 is 1.64 bits per heavy atom. The molecule has 1 aliphatic heterocycles. The summed E-state index contributed by atoms with van der Waals surface area (Å²) in [5, 5.41) is 29.2. The Hall–Kier alpha value is -2.98. The van der Waals surface area contributed by atoms with Crippen molar-refractivity contribution in [3.05, 3.63) is 35.9 Å². The number of nitrogens with one attached hydrogen (secondary N) is 4. The summed E-state index contributed by atoms with van der Waals surface area (Å²) >= 11 is 0. The van der Waals surface area contributed by atoms with E-state index < -0.39 is 42.5 Å². The molecule has 1 fully saturated rings. The predicted octanol–water partition coefficient (Wildman–Crippen LogP) is -0.441. The first-order valence-electron chi connectivity index (χ1n) is 11.2. The Bertz CT molecular complexity index is 810. The second-order valence-corrected chi connectivity index (χ2v) is 8.67. The van der Waals surface area contributed by atoms with Gasteiger partial charge in [-0.25, -0.2) is 4.79 Å². The summed E-state index contributed by atoms with van der Waals surface area (Å²) in [5.74, 6) is -2.80. The van der Waals surface area contributed by atoms with Gasteiger partial charge in [-0.2, -0.15) is 0 Å². The third kappa shape index (κ3) is 8.47. The molecule has 1 saturated heterocycles. The summed E-state index contributed by atoms with van der Waals surface area (Å²) in [6, 6.07) is 5.17. The molecule has 4 unspecified atom stereocenters. The van der Waals surface area contributed by atoms with Crippen molar-refractivity contribution in [2.75, 3.05) is 13.2 Å². The average molecular weight is 463 g/mol. The summed E-state index contributed by atoms with van der Waals surface area (Å²) in [5.41, 5.74) is 0.758. The summed E-state index contributed by atoms with van der Waals surface area (Å²) in [7, 11) is 0. The van der Waals surface area contributed by atoms with Crippen molar-refractivity contribution < 1.29 is 29.4 Å². The van der Waals surface area contributed by atoms with Gasteiger partial charge >= 0.3 is 5.97 Å². The highest BCUT2D eigenvalue weighted by molar-refractivity contribution is 5.94. The van der Waals surface area contributed by atoms with Gasteiger partial charge < -0.3 is 31.5 Å². The molecule has 3 amide bonds. The highest BCUT2D eigenvalue weighted by Gasteiger charge is 2.31. The van der Waals surface area contributed by atoms with E-state index in [1.807, 2.05) is 19.9 Å². The molecule has 1 aromatic rings. The summed E-state index contributed by atoms with van der Waals surface area (Å²) < 4.78 is 0. The second-order valence-electron chi connectivity index (χ2n) is 8.67. The van der Waals surface area contributed by atoms with Gasteiger partial charge in [0, 0.05) is 6.42 Å². The zero-order valence-corrected chi connectivity index (χ0v) is 19.0. The van der Waals surface area contributed by atoms with Crippen molar-refractivity contribution in [2.24, 2.45) is 5.92 Å². The van der Waals surface area contributed by atoms with Crippen molar-refractivity contribution in [2.45, 2.75) is 63.7 Å². The van der Waals surface area contributed by atoms with Crippen molar-refractivity contribution in [3.8, 4) is 0 Å².